The maximum Gasteiger partial charge on any atom is 0.222 e. The van der Waals surface area contributed by atoms with Gasteiger partial charge < -0.3 is 4.74 Å². The highest BCUT2D eigenvalue weighted by atomic mass is 16.5. The van der Waals surface area contributed by atoms with E-state index in [0.717, 1.165) is 11.3 Å². The Morgan fingerprint density at radius 1 is 1.00 bits per heavy atom. The summed E-state index contributed by atoms with van der Waals surface area (Å²) in [6.45, 7) is 1.98. The van der Waals surface area contributed by atoms with Crippen LogP contribution in [0, 0.1) is 6.92 Å². The fourth-order valence-corrected chi connectivity index (χ4v) is 1.18. The number of ether oxygens (including phenoxy) is 1. The summed E-state index contributed by atoms with van der Waals surface area (Å²) in [6, 6.07) is 13.5. The lowest BCUT2D eigenvalue weighted by atomic mass is 10.3. The van der Waals surface area contributed by atoms with Crippen LogP contribution in [-0.4, -0.2) is 4.98 Å². The lowest BCUT2D eigenvalue weighted by Gasteiger charge is -2.05. The Hall–Kier alpha value is -1.83. The van der Waals surface area contributed by atoms with Crippen molar-refractivity contribution < 1.29 is 4.74 Å². The highest BCUT2D eigenvalue weighted by Crippen LogP contribution is 2.21. The van der Waals surface area contributed by atoms with E-state index in [1.165, 1.54) is 0 Å². The summed E-state index contributed by atoms with van der Waals surface area (Å²) in [6.07, 6.45) is 1.73. The predicted molar refractivity (Wildman–Crippen MR) is 55.5 cm³/mol. The minimum Gasteiger partial charge on any atom is -0.439 e. The Morgan fingerprint density at radius 3 is 2.50 bits per heavy atom. The van der Waals surface area contributed by atoms with Crippen LogP contribution >= 0.6 is 0 Å². The molecule has 0 saturated carbocycles. The Labute approximate surface area is 83.2 Å². The molecule has 2 nitrogen and oxygen atoms in total. The van der Waals surface area contributed by atoms with Crippen LogP contribution < -0.4 is 4.74 Å². The minimum absolute atomic E-state index is 0.665. The van der Waals surface area contributed by atoms with Gasteiger partial charge in [-0.2, -0.15) is 0 Å². The fourth-order valence-electron chi connectivity index (χ4n) is 1.18. The Morgan fingerprint density at radius 2 is 1.79 bits per heavy atom. The third kappa shape index (κ3) is 1.91. The molecule has 70 valence electrons. The first-order valence-corrected chi connectivity index (χ1v) is 4.51. The summed E-state index contributed by atoms with van der Waals surface area (Å²) in [7, 11) is 0. The molecule has 0 unspecified atom stereocenters. The molecule has 0 N–H and O–H groups in total. The van der Waals surface area contributed by atoms with E-state index >= 15 is 0 Å². The molecule has 0 aliphatic heterocycles. The number of aryl methyl sites for hydroxylation is 1. The van der Waals surface area contributed by atoms with E-state index in [-0.39, 0.29) is 0 Å². The first-order valence-electron chi connectivity index (χ1n) is 4.51. The van der Waals surface area contributed by atoms with Crippen molar-refractivity contribution in [2.24, 2.45) is 0 Å². The third-order valence-corrected chi connectivity index (χ3v) is 1.92. The van der Waals surface area contributed by atoms with Gasteiger partial charge in [-0.05, 0) is 25.1 Å². The number of benzene rings is 1. The normalized spacial score (nSPS) is 9.79. The lowest BCUT2D eigenvalue weighted by Crippen LogP contribution is -1.89. The van der Waals surface area contributed by atoms with Gasteiger partial charge in [0.2, 0.25) is 5.88 Å². The minimum atomic E-state index is 0.665. The van der Waals surface area contributed by atoms with Crippen LogP contribution in [0.15, 0.2) is 48.7 Å². The van der Waals surface area contributed by atoms with Gasteiger partial charge in [0.25, 0.3) is 0 Å². The number of hydrogen-bond donors (Lipinski definition) is 0. The average Bonchev–Trinajstić information content (AvgIpc) is 2.23. The molecule has 1 heterocycles. The van der Waals surface area contributed by atoms with Crippen molar-refractivity contribution >= 4 is 0 Å². The number of rotatable bonds is 2. The van der Waals surface area contributed by atoms with Crippen molar-refractivity contribution in [1.82, 2.24) is 4.98 Å². The van der Waals surface area contributed by atoms with Gasteiger partial charge in [0, 0.05) is 11.8 Å². The van der Waals surface area contributed by atoms with Gasteiger partial charge in [-0.1, -0.05) is 24.3 Å². The van der Waals surface area contributed by atoms with Gasteiger partial charge in [0.05, 0.1) is 0 Å². The van der Waals surface area contributed by atoms with E-state index in [2.05, 4.69) is 4.98 Å². The number of aromatic nitrogens is 1. The van der Waals surface area contributed by atoms with Gasteiger partial charge in [-0.15, -0.1) is 0 Å². The molecule has 14 heavy (non-hydrogen) atoms. The molecular formula is C12H11NO. The number of para-hydroxylation sites is 1. The largest absolute Gasteiger partial charge is 0.439 e. The molecule has 2 heteroatoms. The van der Waals surface area contributed by atoms with E-state index in [1.807, 2.05) is 49.4 Å². The van der Waals surface area contributed by atoms with Gasteiger partial charge in [0.15, 0.2) is 0 Å². The standard InChI is InChI=1S/C12H11NO/c1-10-6-5-9-13-12(10)14-11-7-3-2-4-8-11/h2-9H,1H3. The molecule has 1 aromatic carbocycles. The fraction of sp³-hybridized carbons (Fsp3) is 0.0833. The van der Waals surface area contributed by atoms with E-state index in [4.69, 9.17) is 4.74 Å². The summed E-state index contributed by atoms with van der Waals surface area (Å²) in [4.78, 5) is 4.15. The molecule has 0 aliphatic rings. The first-order chi connectivity index (χ1) is 6.86. The highest BCUT2D eigenvalue weighted by molar-refractivity contribution is 5.30. The molecule has 0 radical (unpaired) electrons. The molecule has 1 aromatic heterocycles. The maximum absolute atomic E-state index is 5.60. The quantitative estimate of drug-likeness (QED) is 0.716. The molecule has 0 bridgehead atoms. The van der Waals surface area contributed by atoms with Gasteiger partial charge >= 0.3 is 0 Å². The maximum atomic E-state index is 5.60. The zero-order valence-electron chi connectivity index (χ0n) is 7.97. The van der Waals surface area contributed by atoms with Crippen molar-refractivity contribution in [3.05, 3.63) is 54.2 Å². The van der Waals surface area contributed by atoms with Gasteiger partial charge in [0.1, 0.15) is 5.75 Å². The van der Waals surface area contributed by atoms with Crippen molar-refractivity contribution in [2.45, 2.75) is 6.92 Å². The summed E-state index contributed by atoms with van der Waals surface area (Å²) in [5.41, 5.74) is 1.04. The predicted octanol–water partition coefficient (Wildman–Crippen LogP) is 3.18. The Balaban J connectivity index is 2.24. The first kappa shape index (κ1) is 8.75. The molecule has 0 atom stereocenters. The van der Waals surface area contributed by atoms with E-state index < -0.39 is 0 Å². The summed E-state index contributed by atoms with van der Waals surface area (Å²) < 4.78 is 5.60. The summed E-state index contributed by atoms with van der Waals surface area (Å²) in [5, 5.41) is 0. The van der Waals surface area contributed by atoms with Crippen LogP contribution in [0.2, 0.25) is 0 Å². The van der Waals surface area contributed by atoms with Crippen LogP contribution in [-0.2, 0) is 0 Å². The molecular weight excluding hydrogens is 174 g/mol. The summed E-state index contributed by atoms with van der Waals surface area (Å²) >= 11 is 0. The highest BCUT2D eigenvalue weighted by Gasteiger charge is 1.99. The molecule has 2 rings (SSSR count). The molecule has 2 aromatic rings. The van der Waals surface area contributed by atoms with Gasteiger partial charge in [-0.3, -0.25) is 0 Å². The smallest absolute Gasteiger partial charge is 0.222 e. The van der Waals surface area contributed by atoms with Crippen LogP contribution in [0.25, 0.3) is 0 Å². The topological polar surface area (TPSA) is 22.1 Å². The molecule has 0 spiro atoms. The van der Waals surface area contributed by atoms with Crippen LogP contribution in [0.5, 0.6) is 11.6 Å². The molecule has 0 amide bonds. The monoisotopic (exact) mass is 185 g/mol. The average molecular weight is 185 g/mol. The number of hydrogen-bond acceptors (Lipinski definition) is 2. The molecule has 0 saturated heterocycles. The van der Waals surface area contributed by atoms with E-state index in [9.17, 15) is 0 Å². The van der Waals surface area contributed by atoms with Gasteiger partial charge in [-0.25, -0.2) is 4.98 Å². The van der Waals surface area contributed by atoms with E-state index in [1.54, 1.807) is 6.20 Å². The van der Waals surface area contributed by atoms with Crippen molar-refractivity contribution in [3.8, 4) is 11.6 Å². The second-order valence-corrected chi connectivity index (χ2v) is 3.04. The van der Waals surface area contributed by atoms with Crippen LogP contribution in [0.4, 0.5) is 0 Å². The number of nitrogens with zero attached hydrogens (tertiary/aromatic N) is 1. The summed E-state index contributed by atoms with van der Waals surface area (Å²) in [5.74, 6) is 1.48. The van der Waals surface area contributed by atoms with Crippen molar-refractivity contribution in [1.29, 1.82) is 0 Å². The van der Waals surface area contributed by atoms with Crippen LogP contribution in [0.3, 0.4) is 0 Å². The zero-order valence-corrected chi connectivity index (χ0v) is 7.97. The second-order valence-electron chi connectivity index (χ2n) is 3.04. The molecule has 0 fully saturated rings. The molecule has 0 aliphatic carbocycles. The van der Waals surface area contributed by atoms with E-state index in [0.29, 0.717) is 5.88 Å². The zero-order chi connectivity index (χ0) is 9.80. The Kier molecular flexibility index (Phi) is 2.45. The SMILES string of the molecule is Cc1cccnc1Oc1ccccc1. The lowest BCUT2D eigenvalue weighted by molar-refractivity contribution is 0.459. The Bertz CT molecular complexity index is 412. The van der Waals surface area contributed by atoms with Crippen LogP contribution in [0.1, 0.15) is 5.56 Å². The van der Waals surface area contributed by atoms with Crippen molar-refractivity contribution in [2.75, 3.05) is 0 Å². The van der Waals surface area contributed by atoms with Crippen molar-refractivity contribution in [3.63, 3.8) is 0 Å². The third-order valence-electron chi connectivity index (χ3n) is 1.92. The number of pyridine rings is 1. The second kappa shape index (κ2) is 3.92.